The highest BCUT2D eigenvalue weighted by Gasteiger charge is 2.06. The first kappa shape index (κ1) is 14.0. The molecule has 3 heterocycles. The van der Waals surface area contributed by atoms with Crippen molar-refractivity contribution in [2.75, 3.05) is 7.05 Å². The molecule has 3 rings (SSSR count). The zero-order valence-electron chi connectivity index (χ0n) is 11.0. The van der Waals surface area contributed by atoms with E-state index in [0.29, 0.717) is 0 Å². The zero-order valence-corrected chi connectivity index (χ0v) is 14.2. The van der Waals surface area contributed by atoms with Crippen molar-refractivity contribution in [2.45, 2.75) is 13.2 Å². The SMILES string of the molecule is CN(Cc1cc(Br)cs1)Cn1ccc(-c2ccsc2)n1. The van der Waals surface area contributed by atoms with Gasteiger partial charge in [0.15, 0.2) is 0 Å². The van der Waals surface area contributed by atoms with Gasteiger partial charge in [0.1, 0.15) is 0 Å². The highest BCUT2D eigenvalue weighted by molar-refractivity contribution is 9.10. The second-order valence-corrected chi connectivity index (χ2v) is 7.33. The minimum atomic E-state index is 0.791. The molecule has 0 aliphatic carbocycles. The van der Waals surface area contributed by atoms with Crippen molar-refractivity contribution >= 4 is 38.6 Å². The van der Waals surface area contributed by atoms with Gasteiger partial charge in [0, 0.05) is 38.4 Å². The van der Waals surface area contributed by atoms with Gasteiger partial charge in [-0.3, -0.25) is 9.58 Å². The van der Waals surface area contributed by atoms with E-state index in [2.05, 4.69) is 67.3 Å². The van der Waals surface area contributed by atoms with Gasteiger partial charge < -0.3 is 0 Å². The Labute approximate surface area is 134 Å². The van der Waals surface area contributed by atoms with Crippen LogP contribution in [0.15, 0.2) is 45.0 Å². The Balaban J connectivity index is 1.63. The summed E-state index contributed by atoms with van der Waals surface area (Å²) in [7, 11) is 2.11. The molecule has 0 aliphatic heterocycles. The summed E-state index contributed by atoms with van der Waals surface area (Å²) in [4.78, 5) is 3.60. The van der Waals surface area contributed by atoms with Crippen molar-refractivity contribution in [3.05, 3.63) is 49.9 Å². The summed E-state index contributed by atoms with van der Waals surface area (Å²) < 4.78 is 3.14. The van der Waals surface area contributed by atoms with Crippen LogP contribution in [0.25, 0.3) is 11.3 Å². The molecule has 0 saturated heterocycles. The van der Waals surface area contributed by atoms with Crippen LogP contribution in [0.3, 0.4) is 0 Å². The molecule has 0 unspecified atom stereocenters. The molecule has 0 aromatic carbocycles. The molecule has 0 bridgehead atoms. The third kappa shape index (κ3) is 3.38. The Morgan fingerprint density at radius 3 is 2.95 bits per heavy atom. The van der Waals surface area contributed by atoms with Crippen molar-refractivity contribution in [3.8, 4) is 11.3 Å². The second kappa shape index (κ2) is 6.22. The summed E-state index contributed by atoms with van der Waals surface area (Å²) in [5, 5.41) is 10.9. The Morgan fingerprint density at radius 2 is 2.25 bits per heavy atom. The van der Waals surface area contributed by atoms with E-state index in [9.17, 15) is 0 Å². The number of nitrogens with zero attached hydrogens (tertiary/aromatic N) is 3. The van der Waals surface area contributed by atoms with Gasteiger partial charge in [-0.2, -0.15) is 16.4 Å². The number of hydrogen-bond donors (Lipinski definition) is 0. The lowest BCUT2D eigenvalue weighted by Crippen LogP contribution is -2.21. The lowest BCUT2D eigenvalue weighted by atomic mass is 10.2. The fourth-order valence-electron chi connectivity index (χ4n) is 2.00. The average Bonchev–Trinajstić information content (AvgIpc) is 3.10. The molecule has 0 amide bonds. The van der Waals surface area contributed by atoms with Crippen LogP contribution in [0.4, 0.5) is 0 Å². The summed E-state index contributed by atoms with van der Waals surface area (Å²) >= 11 is 6.96. The Kier molecular flexibility index (Phi) is 4.35. The Bertz CT molecular complexity index is 672. The number of thiophene rings is 2. The van der Waals surface area contributed by atoms with E-state index < -0.39 is 0 Å². The van der Waals surface area contributed by atoms with E-state index >= 15 is 0 Å². The van der Waals surface area contributed by atoms with Gasteiger partial charge in [-0.1, -0.05) is 0 Å². The Morgan fingerprint density at radius 1 is 1.35 bits per heavy atom. The van der Waals surface area contributed by atoms with Crippen LogP contribution in [0, 0.1) is 0 Å². The van der Waals surface area contributed by atoms with Gasteiger partial charge in [-0.25, -0.2) is 0 Å². The zero-order chi connectivity index (χ0) is 13.9. The maximum Gasteiger partial charge on any atom is 0.0932 e. The molecule has 3 aromatic rings. The first-order chi connectivity index (χ1) is 9.70. The smallest absolute Gasteiger partial charge is 0.0932 e. The number of rotatable bonds is 5. The predicted molar refractivity (Wildman–Crippen MR) is 89.0 cm³/mol. The van der Waals surface area contributed by atoms with Crippen LogP contribution < -0.4 is 0 Å². The summed E-state index contributed by atoms with van der Waals surface area (Å²) in [5.41, 5.74) is 2.23. The third-order valence-corrected chi connectivity index (χ3v) is 5.26. The second-order valence-electron chi connectivity index (χ2n) is 4.64. The monoisotopic (exact) mass is 367 g/mol. The molecule has 0 N–H and O–H groups in total. The van der Waals surface area contributed by atoms with Crippen LogP contribution in [0.5, 0.6) is 0 Å². The summed E-state index contributed by atoms with van der Waals surface area (Å²) in [5.74, 6) is 0. The first-order valence-corrected chi connectivity index (χ1v) is 8.80. The fourth-order valence-corrected chi connectivity index (χ4v) is 4.18. The fraction of sp³-hybridized carbons (Fsp3) is 0.214. The molecule has 0 fully saturated rings. The lowest BCUT2D eigenvalue weighted by molar-refractivity contribution is 0.248. The predicted octanol–water partition coefficient (Wildman–Crippen LogP) is 4.53. The molecule has 0 spiro atoms. The molecular weight excluding hydrogens is 354 g/mol. The van der Waals surface area contributed by atoms with Gasteiger partial charge >= 0.3 is 0 Å². The van der Waals surface area contributed by atoms with Crippen molar-refractivity contribution in [1.29, 1.82) is 0 Å². The van der Waals surface area contributed by atoms with Gasteiger partial charge in [0.25, 0.3) is 0 Å². The van der Waals surface area contributed by atoms with E-state index in [1.165, 1.54) is 10.4 Å². The maximum atomic E-state index is 4.62. The van der Waals surface area contributed by atoms with Crippen molar-refractivity contribution < 1.29 is 0 Å². The molecule has 0 aliphatic rings. The van der Waals surface area contributed by atoms with Crippen LogP contribution in [0.2, 0.25) is 0 Å². The molecule has 6 heteroatoms. The van der Waals surface area contributed by atoms with Crippen molar-refractivity contribution in [1.82, 2.24) is 14.7 Å². The van der Waals surface area contributed by atoms with E-state index in [4.69, 9.17) is 0 Å². The summed E-state index contributed by atoms with van der Waals surface area (Å²) in [6.45, 7) is 1.73. The molecule has 3 nitrogen and oxygen atoms in total. The lowest BCUT2D eigenvalue weighted by Gasteiger charge is -2.15. The maximum absolute atomic E-state index is 4.62. The molecule has 3 aromatic heterocycles. The minimum absolute atomic E-state index is 0.791. The quantitative estimate of drug-likeness (QED) is 0.660. The van der Waals surface area contributed by atoms with E-state index in [1.807, 2.05) is 10.9 Å². The van der Waals surface area contributed by atoms with Crippen molar-refractivity contribution in [3.63, 3.8) is 0 Å². The summed E-state index contributed by atoms with van der Waals surface area (Å²) in [6.07, 6.45) is 2.04. The standard InChI is InChI=1S/C14H14BrN3S2/c1-17(7-13-6-12(15)9-20-13)10-18-4-2-14(16-18)11-3-5-19-8-11/h2-6,8-9H,7,10H2,1H3. The molecule has 0 radical (unpaired) electrons. The van der Waals surface area contributed by atoms with Crippen LogP contribution >= 0.6 is 38.6 Å². The van der Waals surface area contributed by atoms with Crippen molar-refractivity contribution in [2.24, 2.45) is 0 Å². The topological polar surface area (TPSA) is 21.1 Å². The van der Waals surface area contributed by atoms with Gasteiger partial charge in [-0.15, -0.1) is 11.3 Å². The van der Waals surface area contributed by atoms with Crippen LogP contribution in [-0.4, -0.2) is 21.7 Å². The molecule has 0 saturated carbocycles. The number of aromatic nitrogens is 2. The highest BCUT2D eigenvalue weighted by Crippen LogP contribution is 2.22. The normalized spacial score (nSPS) is 11.3. The van der Waals surface area contributed by atoms with E-state index in [0.717, 1.165) is 23.4 Å². The summed E-state index contributed by atoms with van der Waals surface area (Å²) in [6, 6.07) is 6.34. The van der Waals surface area contributed by atoms with Gasteiger partial charge in [0.05, 0.1) is 12.4 Å². The average molecular weight is 368 g/mol. The minimum Gasteiger partial charge on any atom is -0.282 e. The molecule has 20 heavy (non-hydrogen) atoms. The third-order valence-electron chi connectivity index (χ3n) is 2.89. The number of halogens is 1. The van der Waals surface area contributed by atoms with Gasteiger partial charge in [0.2, 0.25) is 0 Å². The Hall–Kier alpha value is -0.950. The number of hydrogen-bond acceptors (Lipinski definition) is 4. The first-order valence-electron chi connectivity index (χ1n) is 6.18. The van der Waals surface area contributed by atoms with Gasteiger partial charge in [-0.05, 0) is 46.6 Å². The van der Waals surface area contributed by atoms with E-state index in [-0.39, 0.29) is 0 Å². The molecule has 0 atom stereocenters. The molecule has 104 valence electrons. The van der Waals surface area contributed by atoms with Crippen LogP contribution in [-0.2, 0) is 13.2 Å². The largest absolute Gasteiger partial charge is 0.282 e. The van der Waals surface area contributed by atoms with E-state index in [1.54, 1.807) is 22.7 Å². The highest BCUT2D eigenvalue weighted by atomic mass is 79.9. The van der Waals surface area contributed by atoms with Crippen LogP contribution in [0.1, 0.15) is 4.88 Å². The molecular formula is C14H14BrN3S2.